The molecule has 1 unspecified atom stereocenters. The van der Waals surface area contributed by atoms with Crippen LogP contribution < -0.4 is 10.2 Å². The second kappa shape index (κ2) is 7.96. The van der Waals surface area contributed by atoms with E-state index in [1.54, 1.807) is 4.90 Å². The molecule has 1 N–H and O–H groups in total. The first-order valence-corrected chi connectivity index (χ1v) is 11.1. The molecule has 2 heterocycles. The van der Waals surface area contributed by atoms with Crippen LogP contribution in [0.4, 0.5) is 10.8 Å². The Labute approximate surface area is 184 Å². The van der Waals surface area contributed by atoms with Crippen molar-refractivity contribution >= 4 is 44.7 Å². The summed E-state index contributed by atoms with van der Waals surface area (Å²) >= 11 is 1.39. The number of rotatable bonds is 4. The predicted octanol–water partition coefficient (Wildman–Crippen LogP) is 5.26. The molecule has 1 aliphatic heterocycles. The molecule has 31 heavy (non-hydrogen) atoms. The molecule has 1 aliphatic rings. The van der Waals surface area contributed by atoms with Crippen LogP contribution in [-0.2, 0) is 9.59 Å². The number of carbonyl (C=O) groups excluding carboxylic acids is 2. The van der Waals surface area contributed by atoms with Gasteiger partial charge in [0.15, 0.2) is 5.13 Å². The minimum Gasteiger partial charge on any atom is -0.312 e. The Hall–Kier alpha value is -3.51. The van der Waals surface area contributed by atoms with Crippen molar-refractivity contribution in [3.63, 3.8) is 0 Å². The summed E-state index contributed by atoms with van der Waals surface area (Å²) in [6.45, 7) is 2.39. The van der Waals surface area contributed by atoms with E-state index in [0.717, 1.165) is 27.9 Å². The van der Waals surface area contributed by atoms with Crippen LogP contribution in [0.2, 0.25) is 0 Å². The van der Waals surface area contributed by atoms with Crippen molar-refractivity contribution in [2.75, 3.05) is 16.8 Å². The third-order valence-electron chi connectivity index (χ3n) is 5.62. The van der Waals surface area contributed by atoms with Gasteiger partial charge in [0.2, 0.25) is 11.8 Å². The highest BCUT2D eigenvalue weighted by Gasteiger charge is 2.35. The molecule has 5 rings (SSSR count). The second-order valence-corrected chi connectivity index (χ2v) is 8.69. The Kier molecular flexibility index (Phi) is 5.00. The van der Waals surface area contributed by atoms with E-state index in [1.807, 2.05) is 54.8 Å². The fourth-order valence-electron chi connectivity index (χ4n) is 3.88. The third kappa shape index (κ3) is 3.94. The van der Waals surface area contributed by atoms with Gasteiger partial charge in [0.25, 0.3) is 0 Å². The molecule has 0 radical (unpaired) electrons. The molecule has 1 atom stereocenters. The van der Waals surface area contributed by atoms with Gasteiger partial charge in [0.05, 0.1) is 11.6 Å². The summed E-state index contributed by atoms with van der Waals surface area (Å²) in [5.74, 6) is -0.579. The molecule has 5 nitrogen and oxygen atoms in total. The molecule has 1 aromatic heterocycles. The summed E-state index contributed by atoms with van der Waals surface area (Å²) in [5, 5.41) is 7.73. The van der Waals surface area contributed by atoms with E-state index in [9.17, 15) is 9.59 Å². The summed E-state index contributed by atoms with van der Waals surface area (Å²) in [7, 11) is 0. The fraction of sp³-hybridized carbons (Fsp3) is 0.160. The van der Waals surface area contributed by atoms with Crippen molar-refractivity contribution in [2.45, 2.75) is 13.3 Å². The molecular formula is C25H21N3O2S. The first-order valence-electron chi connectivity index (χ1n) is 10.2. The lowest BCUT2D eigenvalue weighted by atomic mass is 10.1. The maximum atomic E-state index is 12.8. The molecule has 3 aromatic carbocycles. The average molecular weight is 428 g/mol. The lowest BCUT2D eigenvalue weighted by Crippen LogP contribution is -2.28. The predicted molar refractivity (Wildman–Crippen MR) is 125 cm³/mol. The zero-order valence-corrected chi connectivity index (χ0v) is 17.9. The Balaban J connectivity index is 1.28. The van der Waals surface area contributed by atoms with Gasteiger partial charge in [-0.25, -0.2) is 4.98 Å². The van der Waals surface area contributed by atoms with E-state index in [2.05, 4.69) is 34.6 Å². The van der Waals surface area contributed by atoms with Crippen LogP contribution in [0.1, 0.15) is 12.0 Å². The van der Waals surface area contributed by atoms with Gasteiger partial charge < -0.3 is 10.2 Å². The van der Waals surface area contributed by atoms with Crippen LogP contribution in [0.5, 0.6) is 0 Å². The highest BCUT2D eigenvalue weighted by Crippen LogP contribution is 2.30. The van der Waals surface area contributed by atoms with Crippen molar-refractivity contribution in [3.05, 3.63) is 77.7 Å². The monoisotopic (exact) mass is 427 g/mol. The number of amides is 2. The lowest BCUT2D eigenvalue weighted by Gasteiger charge is -2.16. The second-order valence-electron chi connectivity index (χ2n) is 7.83. The van der Waals surface area contributed by atoms with Gasteiger partial charge in [-0.15, -0.1) is 11.3 Å². The minimum atomic E-state index is -0.387. The minimum absolute atomic E-state index is 0.0278. The van der Waals surface area contributed by atoms with Crippen LogP contribution in [-0.4, -0.2) is 23.3 Å². The van der Waals surface area contributed by atoms with Gasteiger partial charge in [0, 0.05) is 29.6 Å². The van der Waals surface area contributed by atoms with Crippen LogP contribution >= 0.6 is 11.3 Å². The van der Waals surface area contributed by atoms with Gasteiger partial charge in [-0.05, 0) is 35.9 Å². The molecule has 1 fully saturated rings. The number of nitrogens with zero attached hydrogens (tertiary/aromatic N) is 2. The molecule has 6 heteroatoms. The number of carbonyl (C=O) groups is 2. The topological polar surface area (TPSA) is 62.3 Å². The van der Waals surface area contributed by atoms with Crippen LogP contribution in [0, 0.1) is 12.8 Å². The summed E-state index contributed by atoms with van der Waals surface area (Å²) in [5.41, 5.74) is 3.81. The quantitative estimate of drug-likeness (QED) is 0.483. The zero-order valence-electron chi connectivity index (χ0n) is 17.0. The van der Waals surface area contributed by atoms with Crippen LogP contribution in [0.15, 0.2) is 72.1 Å². The largest absolute Gasteiger partial charge is 0.312 e. The van der Waals surface area contributed by atoms with Crippen molar-refractivity contribution < 1.29 is 9.59 Å². The van der Waals surface area contributed by atoms with Crippen LogP contribution in [0.25, 0.3) is 22.0 Å². The first kappa shape index (κ1) is 19.5. The van der Waals surface area contributed by atoms with E-state index in [0.29, 0.717) is 11.7 Å². The Morgan fingerprint density at radius 1 is 1.06 bits per heavy atom. The third-order valence-corrected chi connectivity index (χ3v) is 6.38. The summed E-state index contributed by atoms with van der Waals surface area (Å²) in [6.07, 6.45) is 0.211. The highest BCUT2D eigenvalue weighted by molar-refractivity contribution is 7.14. The Morgan fingerprint density at radius 2 is 1.84 bits per heavy atom. The number of nitrogens with one attached hydrogen (secondary N) is 1. The maximum Gasteiger partial charge on any atom is 0.231 e. The molecule has 0 bridgehead atoms. The van der Waals surface area contributed by atoms with Gasteiger partial charge in [0.1, 0.15) is 0 Å². The first-order chi connectivity index (χ1) is 15.1. The van der Waals surface area contributed by atoms with Crippen molar-refractivity contribution in [2.24, 2.45) is 5.92 Å². The summed E-state index contributed by atoms with van der Waals surface area (Å²) in [6, 6.07) is 22.2. The standard InChI is InChI=1S/C25H21N3O2S/c1-16-6-10-21(11-7-16)28-14-20(13-23(28)29)24(30)27-25-26-22(15-31-25)19-9-8-17-4-2-3-5-18(17)12-19/h2-12,15,20H,13-14H2,1H3,(H,26,27,30). The number of aromatic nitrogens is 1. The van der Waals surface area contributed by atoms with E-state index in [-0.39, 0.29) is 24.2 Å². The number of fused-ring (bicyclic) bond motifs is 1. The molecule has 2 amide bonds. The normalized spacial score (nSPS) is 16.1. The molecule has 0 saturated carbocycles. The number of benzene rings is 3. The van der Waals surface area contributed by atoms with Crippen LogP contribution in [0.3, 0.4) is 0 Å². The number of anilines is 2. The van der Waals surface area contributed by atoms with Gasteiger partial charge in [-0.2, -0.15) is 0 Å². The molecule has 4 aromatic rings. The molecular weight excluding hydrogens is 406 g/mol. The average Bonchev–Trinajstić information content (AvgIpc) is 3.41. The van der Waals surface area contributed by atoms with E-state index >= 15 is 0 Å². The fourth-order valence-corrected chi connectivity index (χ4v) is 4.60. The molecule has 0 spiro atoms. The van der Waals surface area contributed by atoms with Crippen molar-refractivity contribution in [1.82, 2.24) is 4.98 Å². The van der Waals surface area contributed by atoms with E-state index in [4.69, 9.17) is 0 Å². The van der Waals surface area contributed by atoms with Gasteiger partial charge >= 0.3 is 0 Å². The highest BCUT2D eigenvalue weighted by atomic mass is 32.1. The number of hydrogen-bond donors (Lipinski definition) is 1. The summed E-state index contributed by atoms with van der Waals surface area (Å²) < 4.78 is 0. The maximum absolute atomic E-state index is 12.8. The molecule has 1 saturated heterocycles. The van der Waals surface area contributed by atoms with Gasteiger partial charge in [-0.3, -0.25) is 9.59 Å². The molecule has 154 valence electrons. The number of thiazole rings is 1. The van der Waals surface area contributed by atoms with Crippen molar-refractivity contribution in [3.8, 4) is 11.3 Å². The number of aryl methyl sites for hydroxylation is 1. The Bertz CT molecular complexity index is 1280. The SMILES string of the molecule is Cc1ccc(N2CC(C(=O)Nc3nc(-c4ccc5ccccc5c4)cs3)CC2=O)cc1. The smallest absolute Gasteiger partial charge is 0.231 e. The Morgan fingerprint density at radius 3 is 2.65 bits per heavy atom. The van der Waals surface area contributed by atoms with Gasteiger partial charge in [-0.1, -0.05) is 54.1 Å². The van der Waals surface area contributed by atoms with E-state index < -0.39 is 0 Å². The molecule has 0 aliphatic carbocycles. The number of hydrogen-bond acceptors (Lipinski definition) is 4. The van der Waals surface area contributed by atoms with E-state index in [1.165, 1.54) is 16.7 Å². The summed E-state index contributed by atoms with van der Waals surface area (Å²) in [4.78, 5) is 31.5. The van der Waals surface area contributed by atoms with Crippen molar-refractivity contribution in [1.29, 1.82) is 0 Å². The zero-order chi connectivity index (χ0) is 21.4. The lowest BCUT2D eigenvalue weighted by molar-refractivity contribution is -0.122.